The van der Waals surface area contributed by atoms with Gasteiger partial charge in [-0.25, -0.2) is 4.98 Å². The van der Waals surface area contributed by atoms with Crippen molar-refractivity contribution in [3.05, 3.63) is 18.1 Å². The summed E-state index contributed by atoms with van der Waals surface area (Å²) in [5.41, 5.74) is -1.04. The lowest BCUT2D eigenvalue weighted by molar-refractivity contribution is -0.143. The quantitative estimate of drug-likeness (QED) is 0.746. The van der Waals surface area contributed by atoms with Crippen LogP contribution in [-0.2, 0) is 9.59 Å². The smallest absolute Gasteiger partial charge is 0.275 e. The predicted molar refractivity (Wildman–Crippen MR) is 74.5 cm³/mol. The highest BCUT2D eigenvalue weighted by atomic mass is 16.2. The third kappa shape index (κ3) is 2.83. The van der Waals surface area contributed by atoms with E-state index in [1.165, 1.54) is 17.3 Å². The summed E-state index contributed by atoms with van der Waals surface area (Å²) in [4.78, 5) is 45.2. The first kappa shape index (κ1) is 14.9. The van der Waals surface area contributed by atoms with Crippen LogP contribution in [0.4, 0.5) is 5.82 Å². The molecule has 2 heterocycles. The monoisotopic (exact) mass is 291 g/mol. The van der Waals surface area contributed by atoms with Crippen molar-refractivity contribution in [2.45, 2.75) is 26.3 Å². The molecule has 0 spiro atoms. The second kappa shape index (κ2) is 5.47. The molecule has 3 amide bonds. The molecule has 0 atom stereocenters. The molecule has 8 nitrogen and oxygen atoms in total. The summed E-state index contributed by atoms with van der Waals surface area (Å²) in [5, 5.41) is 5.17. The largest absolute Gasteiger partial charge is 0.369 e. The molecule has 0 aromatic carbocycles. The SMILES string of the molecule is CCNc1cncc(C(=O)N2CC(=O)NC(=O)C2(C)C)n1. The number of hydrogen-bond donors (Lipinski definition) is 2. The van der Waals surface area contributed by atoms with E-state index in [-0.39, 0.29) is 12.2 Å². The topological polar surface area (TPSA) is 104 Å². The van der Waals surface area contributed by atoms with Crippen molar-refractivity contribution >= 4 is 23.5 Å². The summed E-state index contributed by atoms with van der Waals surface area (Å²) in [6, 6.07) is 0. The number of nitrogens with zero attached hydrogens (tertiary/aromatic N) is 3. The van der Waals surface area contributed by atoms with Gasteiger partial charge in [-0.1, -0.05) is 0 Å². The number of amides is 3. The van der Waals surface area contributed by atoms with E-state index in [9.17, 15) is 14.4 Å². The number of anilines is 1. The van der Waals surface area contributed by atoms with Gasteiger partial charge in [-0.2, -0.15) is 0 Å². The zero-order chi connectivity index (χ0) is 15.6. The van der Waals surface area contributed by atoms with E-state index in [2.05, 4.69) is 20.6 Å². The molecule has 2 rings (SSSR count). The molecule has 0 radical (unpaired) electrons. The zero-order valence-corrected chi connectivity index (χ0v) is 12.1. The molecule has 1 aliphatic heterocycles. The van der Waals surface area contributed by atoms with Crippen LogP contribution in [0.25, 0.3) is 0 Å². The molecule has 21 heavy (non-hydrogen) atoms. The Kier molecular flexibility index (Phi) is 3.88. The van der Waals surface area contributed by atoms with Gasteiger partial charge < -0.3 is 10.2 Å². The van der Waals surface area contributed by atoms with Crippen molar-refractivity contribution in [3.63, 3.8) is 0 Å². The van der Waals surface area contributed by atoms with Crippen LogP contribution in [0.5, 0.6) is 0 Å². The summed E-state index contributed by atoms with van der Waals surface area (Å²) < 4.78 is 0. The van der Waals surface area contributed by atoms with E-state index in [0.717, 1.165) is 0 Å². The van der Waals surface area contributed by atoms with Crippen molar-refractivity contribution in [3.8, 4) is 0 Å². The summed E-state index contributed by atoms with van der Waals surface area (Å²) in [7, 11) is 0. The highest BCUT2D eigenvalue weighted by Gasteiger charge is 2.44. The van der Waals surface area contributed by atoms with Gasteiger partial charge >= 0.3 is 0 Å². The maximum absolute atomic E-state index is 12.5. The van der Waals surface area contributed by atoms with Crippen LogP contribution in [0.15, 0.2) is 12.4 Å². The van der Waals surface area contributed by atoms with Gasteiger partial charge in [0, 0.05) is 6.54 Å². The Morgan fingerprint density at radius 3 is 2.81 bits per heavy atom. The summed E-state index contributed by atoms with van der Waals surface area (Å²) in [6.45, 7) is 5.50. The van der Waals surface area contributed by atoms with Gasteiger partial charge in [0.05, 0.1) is 12.4 Å². The van der Waals surface area contributed by atoms with Crippen LogP contribution < -0.4 is 10.6 Å². The van der Waals surface area contributed by atoms with Crippen LogP contribution in [-0.4, -0.2) is 51.2 Å². The van der Waals surface area contributed by atoms with E-state index in [1.807, 2.05) is 6.92 Å². The Balaban J connectivity index is 2.31. The maximum Gasteiger partial charge on any atom is 0.275 e. The van der Waals surface area contributed by atoms with Crippen molar-refractivity contribution in [1.29, 1.82) is 0 Å². The van der Waals surface area contributed by atoms with Gasteiger partial charge in [-0.3, -0.25) is 24.7 Å². The predicted octanol–water partition coefficient (Wildman–Crippen LogP) is -0.214. The fourth-order valence-electron chi connectivity index (χ4n) is 1.98. The average molecular weight is 291 g/mol. The molecule has 1 saturated heterocycles. The molecule has 1 fully saturated rings. The number of carbonyl (C=O) groups is 3. The molecule has 1 aromatic heterocycles. The molecule has 1 aromatic rings. The van der Waals surface area contributed by atoms with Gasteiger partial charge in [-0.15, -0.1) is 0 Å². The van der Waals surface area contributed by atoms with E-state index < -0.39 is 23.3 Å². The number of carbonyl (C=O) groups excluding carboxylic acids is 3. The number of rotatable bonds is 3. The third-order valence-electron chi connectivity index (χ3n) is 3.24. The van der Waals surface area contributed by atoms with Crippen LogP contribution in [0.1, 0.15) is 31.3 Å². The van der Waals surface area contributed by atoms with E-state index >= 15 is 0 Å². The van der Waals surface area contributed by atoms with Crippen molar-refractivity contribution < 1.29 is 14.4 Å². The summed E-state index contributed by atoms with van der Waals surface area (Å²) in [6.07, 6.45) is 2.82. The summed E-state index contributed by atoms with van der Waals surface area (Å²) in [5.74, 6) is -1.06. The third-order valence-corrected chi connectivity index (χ3v) is 3.24. The van der Waals surface area contributed by atoms with E-state index in [1.54, 1.807) is 13.8 Å². The Morgan fingerprint density at radius 2 is 2.14 bits per heavy atom. The molecule has 0 unspecified atom stereocenters. The van der Waals surface area contributed by atoms with Gasteiger partial charge in [0.1, 0.15) is 23.6 Å². The summed E-state index contributed by atoms with van der Waals surface area (Å²) >= 11 is 0. The standard InChI is InChI=1S/C13H17N5O3/c1-4-15-9-6-14-5-8(16-9)11(20)18-7-10(19)17-12(21)13(18,2)3/h5-6H,4,7H2,1-3H3,(H,15,16)(H,17,19,21). The van der Waals surface area contributed by atoms with Gasteiger partial charge in [0.2, 0.25) is 5.91 Å². The Bertz CT molecular complexity index is 599. The maximum atomic E-state index is 12.5. The highest BCUT2D eigenvalue weighted by Crippen LogP contribution is 2.20. The minimum Gasteiger partial charge on any atom is -0.369 e. The second-order valence-electron chi connectivity index (χ2n) is 5.15. The number of piperazine rings is 1. The fourth-order valence-corrected chi connectivity index (χ4v) is 1.98. The minimum atomic E-state index is -1.12. The second-order valence-corrected chi connectivity index (χ2v) is 5.15. The number of nitrogens with one attached hydrogen (secondary N) is 2. The molecule has 112 valence electrons. The first-order chi connectivity index (χ1) is 9.86. The van der Waals surface area contributed by atoms with Gasteiger partial charge in [0.15, 0.2) is 0 Å². The molecule has 0 aliphatic carbocycles. The lowest BCUT2D eigenvalue weighted by atomic mass is 9.98. The van der Waals surface area contributed by atoms with E-state index in [4.69, 9.17) is 0 Å². The fraction of sp³-hybridized carbons (Fsp3) is 0.462. The van der Waals surface area contributed by atoms with Crippen LogP contribution in [0.3, 0.4) is 0 Å². The highest BCUT2D eigenvalue weighted by molar-refractivity contribution is 6.08. The minimum absolute atomic E-state index is 0.0871. The molecule has 1 aliphatic rings. The molecule has 2 N–H and O–H groups in total. The number of imide groups is 1. The Hall–Kier alpha value is -2.51. The van der Waals surface area contributed by atoms with Gasteiger partial charge in [0.25, 0.3) is 11.8 Å². The molecular weight excluding hydrogens is 274 g/mol. The first-order valence-electron chi connectivity index (χ1n) is 6.58. The first-order valence-corrected chi connectivity index (χ1v) is 6.58. The Labute approximate surface area is 121 Å². The lowest BCUT2D eigenvalue weighted by Crippen LogP contribution is -2.65. The molecule has 0 bridgehead atoms. The van der Waals surface area contributed by atoms with Crippen molar-refractivity contribution in [2.75, 3.05) is 18.4 Å². The van der Waals surface area contributed by atoms with Crippen molar-refractivity contribution in [1.82, 2.24) is 20.2 Å². The molecule has 8 heteroatoms. The van der Waals surface area contributed by atoms with Gasteiger partial charge in [-0.05, 0) is 20.8 Å². The normalized spacial score (nSPS) is 17.4. The molecule has 0 saturated carbocycles. The van der Waals surface area contributed by atoms with Crippen LogP contribution >= 0.6 is 0 Å². The Morgan fingerprint density at radius 1 is 1.43 bits per heavy atom. The average Bonchev–Trinajstić information content (AvgIpc) is 2.43. The van der Waals surface area contributed by atoms with Crippen LogP contribution in [0.2, 0.25) is 0 Å². The number of aromatic nitrogens is 2. The zero-order valence-electron chi connectivity index (χ0n) is 12.1. The van der Waals surface area contributed by atoms with Crippen LogP contribution in [0, 0.1) is 0 Å². The lowest BCUT2D eigenvalue weighted by Gasteiger charge is -2.39. The van der Waals surface area contributed by atoms with E-state index in [0.29, 0.717) is 12.4 Å². The molecular formula is C13H17N5O3. The van der Waals surface area contributed by atoms with Crippen molar-refractivity contribution in [2.24, 2.45) is 0 Å². The number of hydrogen-bond acceptors (Lipinski definition) is 6.